The van der Waals surface area contributed by atoms with Crippen molar-refractivity contribution in [2.24, 2.45) is 5.10 Å². The molecule has 4 rings (SSSR count). The molecule has 1 heterocycles. The largest absolute Gasteiger partial charge is 0.490 e. The highest BCUT2D eigenvalue weighted by Crippen LogP contribution is 2.37. The first-order valence-corrected chi connectivity index (χ1v) is 12.8. The summed E-state index contributed by atoms with van der Waals surface area (Å²) in [5.41, 5.74) is 0.183. The Labute approximate surface area is 242 Å². The van der Waals surface area contributed by atoms with Gasteiger partial charge in [0, 0.05) is 5.56 Å². The van der Waals surface area contributed by atoms with Crippen LogP contribution in [-0.2, 0) is 17.8 Å². The number of amides is 1. The van der Waals surface area contributed by atoms with E-state index in [1.54, 1.807) is 43.3 Å². The Morgan fingerprint density at radius 2 is 1.61 bits per heavy atom. The number of anilines is 1. The summed E-state index contributed by atoms with van der Waals surface area (Å²) in [6.45, 7) is 7.29. The van der Waals surface area contributed by atoms with Gasteiger partial charge >= 0.3 is 0 Å². The molecule has 1 aliphatic heterocycles. The topological polar surface area (TPSA) is 51.1 Å². The minimum atomic E-state index is -2.34. The minimum absolute atomic E-state index is 0.0119. The average molecular weight is 611 g/mol. The van der Waals surface area contributed by atoms with Gasteiger partial charge in [0.1, 0.15) is 12.3 Å². The maximum Gasteiger partial charge on any atom is 0.280 e. The van der Waals surface area contributed by atoms with Crippen LogP contribution in [-0.4, -0.2) is 18.2 Å². The molecule has 3 aromatic carbocycles. The highest BCUT2D eigenvalue weighted by molar-refractivity contribution is 6.42. The molecule has 41 heavy (non-hydrogen) atoms. The SMILES string of the molecule is C=CCc1cc(/C=C2/C(=O)N(c3c(F)c(F)c(F)c(F)c3F)N=C2C)cc(OCC)c1OCc1ccc(Cl)c(Cl)c1. The third-order valence-electron chi connectivity index (χ3n) is 5.96. The zero-order valence-corrected chi connectivity index (χ0v) is 23.1. The van der Waals surface area contributed by atoms with E-state index in [4.69, 9.17) is 32.7 Å². The first-order chi connectivity index (χ1) is 19.5. The Kier molecular flexibility index (Phi) is 9.04. The number of hydrogen-bond donors (Lipinski definition) is 0. The van der Waals surface area contributed by atoms with Crippen LogP contribution in [0.3, 0.4) is 0 Å². The monoisotopic (exact) mass is 610 g/mol. The molecule has 1 amide bonds. The summed E-state index contributed by atoms with van der Waals surface area (Å²) in [4.78, 5) is 13.1. The number of ether oxygens (including phenoxy) is 2. The summed E-state index contributed by atoms with van der Waals surface area (Å²) < 4.78 is 81.8. The van der Waals surface area contributed by atoms with Gasteiger partial charge in [-0.1, -0.05) is 35.3 Å². The molecule has 0 fully saturated rings. The number of halogens is 7. The highest BCUT2D eigenvalue weighted by Gasteiger charge is 2.37. The van der Waals surface area contributed by atoms with Crippen LogP contribution in [0.15, 0.2) is 53.7 Å². The quantitative estimate of drug-likeness (QED) is 0.0806. The second-order valence-electron chi connectivity index (χ2n) is 8.75. The fraction of sp³-hybridized carbons (Fsp3) is 0.172. The summed E-state index contributed by atoms with van der Waals surface area (Å²) in [5, 5.41) is 4.68. The number of rotatable bonds is 9. The molecule has 0 bridgehead atoms. The van der Waals surface area contributed by atoms with Gasteiger partial charge in [0.15, 0.2) is 34.8 Å². The molecule has 5 nitrogen and oxygen atoms in total. The Morgan fingerprint density at radius 1 is 0.951 bits per heavy atom. The average Bonchev–Trinajstić information content (AvgIpc) is 3.20. The zero-order valence-electron chi connectivity index (χ0n) is 21.6. The molecule has 0 atom stereocenters. The summed E-state index contributed by atoms with van der Waals surface area (Å²) in [7, 11) is 0. The van der Waals surface area contributed by atoms with Gasteiger partial charge in [-0.25, -0.2) is 22.0 Å². The van der Waals surface area contributed by atoms with E-state index in [-0.39, 0.29) is 29.5 Å². The summed E-state index contributed by atoms with van der Waals surface area (Å²) in [5.74, 6) is -11.4. The van der Waals surface area contributed by atoms with Crippen molar-refractivity contribution in [3.63, 3.8) is 0 Å². The Balaban J connectivity index is 1.73. The number of hydrazone groups is 1. The van der Waals surface area contributed by atoms with Crippen molar-refractivity contribution < 1.29 is 36.2 Å². The number of carbonyl (C=O) groups excluding carboxylic acids is 1. The van der Waals surface area contributed by atoms with Gasteiger partial charge in [0.25, 0.3) is 5.91 Å². The van der Waals surface area contributed by atoms with Gasteiger partial charge in [-0.15, -0.1) is 6.58 Å². The van der Waals surface area contributed by atoms with Crippen LogP contribution >= 0.6 is 23.2 Å². The zero-order chi connectivity index (χ0) is 30.0. The second-order valence-corrected chi connectivity index (χ2v) is 9.56. The summed E-state index contributed by atoms with van der Waals surface area (Å²) in [6, 6.07) is 8.33. The molecular weight excluding hydrogens is 590 g/mol. The molecule has 214 valence electrons. The number of carbonyl (C=O) groups is 1. The van der Waals surface area contributed by atoms with Gasteiger partial charge in [-0.3, -0.25) is 4.79 Å². The van der Waals surface area contributed by atoms with Gasteiger partial charge in [-0.2, -0.15) is 10.1 Å². The molecule has 1 aliphatic rings. The van der Waals surface area contributed by atoms with Gasteiger partial charge in [0.2, 0.25) is 5.82 Å². The molecule has 12 heteroatoms. The van der Waals surface area contributed by atoms with Crippen molar-refractivity contribution >= 4 is 46.6 Å². The smallest absolute Gasteiger partial charge is 0.280 e. The third-order valence-corrected chi connectivity index (χ3v) is 6.70. The Hall–Kier alpha value is -3.89. The van der Waals surface area contributed by atoms with Crippen LogP contribution in [0.2, 0.25) is 10.0 Å². The molecule has 0 radical (unpaired) electrons. The van der Waals surface area contributed by atoms with Crippen molar-refractivity contribution in [2.75, 3.05) is 11.6 Å². The fourth-order valence-corrected chi connectivity index (χ4v) is 4.39. The maximum atomic E-state index is 14.4. The first kappa shape index (κ1) is 30.1. The van der Waals surface area contributed by atoms with Crippen LogP contribution in [0.25, 0.3) is 6.08 Å². The first-order valence-electron chi connectivity index (χ1n) is 12.1. The van der Waals surface area contributed by atoms with E-state index >= 15 is 0 Å². The predicted molar refractivity (Wildman–Crippen MR) is 147 cm³/mol. The summed E-state index contributed by atoms with van der Waals surface area (Å²) >= 11 is 12.1. The van der Waals surface area contributed by atoms with E-state index < -0.39 is 40.7 Å². The molecule has 0 aromatic heterocycles. The fourth-order valence-electron chi connectivity index (χ4n) is 4.07. The van der Waals surface area contributed by atoms with Crippen molar-refractivity contribution in [3.05, 3.63) is 104 Å². The van der Waals surface area contributed by atoms with Crippen molar-refractivity contribution in [2.45, 2.75) is 26.9 Å². The van der Waals surface area contributed by atoms with Crippen LogP contribution < -0.4 is 14.5 Å². The molecule has 0 unspecified atom stereocenters. The molecule has 0 saturated heterocycles. The second kappa shape index (κ2) is 12.3. The molecular formula is C29H21Cl2F5N2O3. The molecule has 0 aliphatic carbocycles. The molecule has 0 N–H and O–H groups in total. The normalized spacial score (nSPS) is 14.1. The van der Waals surface area contributed by atoms with E-state index in [2.05, 4.69) is 11.7 Å². The van der Waals surface area contributed by atoms with Crippen LogP contribution in [0.4, 0.5) is 27.6 Å². The van der Waals surface area contributed by atoms with Crippen LogP contribution in [0.1, 0.15) is 30.5 Å². The minimum Gasteiger partial charge on any atom is -0.490 e. The van der Waals surface area contributed by atoms with Gasteiger partial charge in [-0.05, 0) is 61.7 Å². The number of allylic oxidation sites excluding steroid dienone is 1. The predicted octanol–water partition coefficient (Wildman–Crippen LogP) is 8.20. The highest BCUT2D eigenvalue weighted by atomic mass is 35.5. The van der Waals surface area contributed by atoms with E-state index in [1.165, 1.54) is 13.0 Å². The van der Waals surface area contributed by atoms with Crippen LogP contribution in [0, 0.1) is 29.1 Å². The molecule has 0 saturated carbocycles. The van der Waals surface area contributed by atoms with Crippen molar-refractivity contribution in [3.8, 4) is 11.5 Å². The lowest BCUT2D eigenvalue weighted by molar-refractivity contribution is -0.114. The lowest BCUT2D eigenvalue weighted by Gasteiger charge is -2.17. The number of hydrogen-bond acceptors (Lipinski definition) is 4. The van der Waals surface area contributed by atoms with Crippen LogP contribution in [0.5, 0.6) is 11.5 Å². The van der Waals surface area contributed by atoms with Crippen molar-refractivity contribution in [1.29, 1.82) is 0 Å². The third kappa shape index (κ3) is 5.94. The van der Waals surface area contributed by atoms with E-state index in [1.807, 2.05) is 0 Å². The van der Waals surface area contributed by atoms with Gasteiger partial charge in [0.05, 0.1) is 27.9 Å². The molecule has 0 spiro atoms. The lowest BCUT2D eigenvalue weighted by atomic mass is 10.0. The molecule has 3 aromatic rings. The van der Waals surface area contributed by atoms with Crippen molar-refractivity contribution in [1.82, 2.24) is 0 Å². The summed E-state index contributed by atoms with van der Waals surface area (Å²) in [6.07, 6.45) is 3.34. The van der Waals surface area contributed by atoms with E-state index in [9.17, 15) is 26.7 Å². The Bertz CT molecular complexity index is 1600. The lowest BCUT2D eigenvalue weighted by Crippen LogP contribution is -2.25. The van der Waals surface area contributed by atoms with Gasteiger partial charge < -0.3 is 9.47 Å². The maximum absolute atomic E-state index is 14.4. The van der Waals surface area contributed by atoms with E-state index in [0.717, 1.165) is 5.56 Å². The Morgan fingerprint density at radius 3 is 2.22 bits per heavy atom. The number of benzene rings is 3. The standard InChI is InChI=1S/C29H21Cl2F5N2O3/c1-4-6-17-9-16(12-21(40-5-2)28(17)41-13-15-7-8-19(30)20(31)11-15)10-18-14(3)37-38(29(18)39)27-25(35)23(33)22(32)24(34)26(27)36/h4,7-12H,1,5-6,13H2,2-3H3/b18-10+. The van der Waals surface area contributed by atoms with E-state index in [0.29, 0.717) is 39.1 Å². The number of nitrogens with zero attached hydrogens (tertiary/aromatic N) is 2.